The molecule has 0 aliphatic carbocycles. The minimum atomic E-state index is 0.511. The van der Waals surface area contributed by atoms with Crippen molar-refractivity contribution in [2.24, 2.45) is 0 Å². The summed E-state index contributed by atoms with van der Waals surface area (Å²) in [5.41, 5.74) is 1.97. The number of rotatable bonds is 1. The second-order valence-electron chi connectivity index (χ2n) is 2.86. The molecule has 0 aliphatic heterocycles. The maximum absolute atomic E-state index is 6.81. The van der Waals surface area contributed by atoms with Crippen LogP contribution in [0.1, 0.15) is 25.3 Å². The summed E-state index contributed by atoms with van der Waals surface area (Å²) >= 11 is 0. The molecule has 1 rings (SSSR count). The van der Waals surface area contributed by atoms with Crippen molar-refractivity contribution in [3.8, 4) is 0 Å². The van der Waals surface area contributed by atoms with Crippen molar-refractivity contribution in [1.82, 2.24) is 0 Å². The highest BCUT2D eigenvalue weighted by atomic mass is 14.6. The van der Waals surface area contributed by atoms with E-state index in [2.05, 4.69) is 24.8 Å². The Labute approximate surface area is 67.5 Å². The van der Waals surface area contributed by atoms with Crippen LogP contribution < -0.4 is 0 Å². The minimum absolute atomic E-state index is 0.511. The summed E-state index contributed by atoms with van der Waals surface area (Å²) < 4.78 is 0. The lowest BCUT2D eigenvalue weighted by atomic mass is 10.0. The molecule has 0 saturated heterocycles. The highest BCUT2D eigenvalue weighted by Crippen LogP contribution is 2.19. The smallest absolute Gasteiger partial charge is 0.187 e. The van der Waals surface area contributed by atoms with Crippen LogP contribution in [-0.4, -0.2) is 0 Å². The van der Waals surface area contributed by atoms with Crippen molar-refractivity contribution in [2.75, 3.05) is 0 Å². The van der Waals surface area contributed by atoms with Gasteiger partial charge in [-0.2, -0.15) is 0 Å². The first-order valence-corrected chi connectivity index (χ1v) is 3.71. The van der Waals surface area contributed by atoms with E-state index in [1.54, 1.807) is 0 Å². The van der Waals surface area contributed by atoms with E-state index in [-0.39, 0.29) is 0 Å². The van der Waals surface area contributed by atoms with Crippen LogP contribution in [0.2, 0.25) is 0 Å². The summed E-state index contributed by atoms with van der Waals surface area (Å²) in [6.07, 6.45) is 0. The fourth-order valence-corrected chi connectivity index (χ4v) is 0.953. The highest BCUT2D eigenvalue weighted by molar-refractivity contribution is 5.47. The average Bonchev–Trinajstić information content (AvgIpc) is 2.05. The number of nitrogens with zero attached hydrogens (tertiary/aromatic N) is 1. The molecule has 1 aromatic rings. The summed E-state index contributed by atoms with van der Waals surface area (Å²) in [7, 11) is 0. The molecule has 0 saturated carbocycles. The highest BCUT2D eigenvalue weighted by Gasteiger charge is 1.98. The van der Waals surface area contributed by atoms with E-state index < -0.39 is 0 Å². The largest absolute Gasteiger partial charge is 0.238 e. The zero-order valence-electron chi connectivity index (χ0n) is 6.83. The van der Waals surface area contributed by atoms with Gasteiger partial charge in [-0.25, -0.2) is 4.85 Å². The quantitative estimate of drug-likeness (QED) is 0.534. The van der Waals surface area contributed by atoms with Gasteiger partial charge in [0, 0.05) is 0 Å². The Hall–Kier alpha value is -1.29. The van der Waals surface area contributed by atoms with Gasteiger partial charge in [0.15, 0.2) is 5.69 Å². The molecule has 0 spiro atoms. The van der Waals surface area contributed by atoms with Gasteiger partial charge < -0.3 is 0 Å². The molecule has 0 amide bonds. The number of hydrogen-bond acceptors (Lipinski definition) is 0. The molecule has 0 bridgehead atoms. The lowest BCUT2D eigenvalue weighted by Crippen LogP contribution is -1.84. The fraction of sp³-hybridized carbons (Fsp3) is 0.300. The molecule has 0 heterocycles. The number of hydrogen-bond donors (Lipinski definition) is 0. The van der Waals surface area contributed by atoms with Crippen LogP contribution in [0.25, 0.3) is 4.85 Å². The van der Waals surface area contributed by atoms with E-state index in [0.717, 1.165) is 5.69 Å². The van der Waals surface area contributed by atoms with Crippen molar-refractivity contribution < 1.29 is 0 Å². The van der Waals surface area contributed by atoms with E-state index >= 15 is 0 Å². The van der Waals surface area contributed by atoms with Crippen molar-refractivity contribution >= 4 is 5.69 Å². The first kappa shape index (κ1) is 7.81. The summed E-state index contributed by atoms with van der Waals surface area (Å²) in [5, 5.41) is 0. The van der Waals surface area contributed by atoms with Crippen LogP contribution >= 0.6 is 0 Å². The molecular weight excluding hydrogens is 134 g/mol. The molecule has 0 fully saturated rings. The Bertz CT molecular complexity index is 281. The van der Waals surface area contributed by atoms with Crippen molar-refractivity contribution in [2.45, 2.75) is 19.8 Å². The lowest BCUT2D eigenvalue weighted by molar-refractivity contribution is 0.867. The summed E-state index contributed by atoms with van der Waals surface area (Å²) in [6.45, 7) is 11.1. The van der Waals surface area contributed by atoms with Gasteiger partial charge in [-0.3, -0.25) is 0 Å². The molecule has 56 valence electrons. The molecule has 1 aromatic carbocycles. The van der Waals surface area contributed by atoms with E-state index in [1.807, 2.05) is 18.2 Å². The third-order valence-electron chi connectivity index (χ3n) is 1.67. The van der Waals surface area contributed by atoms with E-state index in [0.29, 0.717) is 5.92 Å². The molecular formula is C10H11N. The van der Waals surface area contributed by atoms with Crippen LogP contribution in [0.3, 0.4) is 0 Å². The average molecular weight is 145 g/mol. The Morgan fingerprint density at radius 1 is 1.36 bits per heavy atom. The molecule has 0 unspecified atom stereocenters. The lowest BCUT2D eigenvalue weighted by Gasteiger charge is -2.03. The zero-order chi connectivity index (χ0) is 8.27. The van der Waals surface area contributed by atoms with Crippen LogP contribution in [0.4, 0.5) is 5.69 Å². The number of benzene rings is 1. The van der Waals surface area contributed by atoms with Gasteiger partial charge >= 0.3 is 0 Å². The third kappa shape index (κ3) is 1.81. The Morgan fingerprint density at radius 3 is 2.64 bits per heavy atom. The molecule has 0 N–H and O–H groups in total. The van der Waals surface area contributed by atoms with Crippen LogP contribution in [0.15, 0.2) is 24.3 Å². The van der Waals surface area contributed by atoms with Crippen LogP contribution in [0, 0.1) is 6.57 Å². The van der Waals surface area contributed by atoms with Crippen molar-refractivity contribution in [1.29, 1.82) is 0 Å². The van der Waals surface area contributed by atoms with Crippen molar-refractivity contribution in [3.63, 3.8) is 0 Å². The molecule has 1 nitrogen and oxygen atoms in total. The first-order chi connectivity index (χ1) is 5.24. The maximum atomic E-state index is 6.81. The van der Waals surface area contributed by atoms with Gasteiger partial charge in [-0.1, -0.05) is 43.7 Å². The molecule has 0 aromatic heterocycles. The zero-order valence-corrected chi connectivity index (χ0v) is 6.83. The molecule has 0 aliphatic rings. The first-order valence-electron chi connectivity index (χ1n) is 3.71. The van der Waals surface area contributed by atoms with Crippen LogP contribution in [-0.2, 0) is 0 Å². The predicted octanol–water partition coefficient (Wildman–Crippen LogP) is 3.36. The maximum Gasteiger partial charge on any atom is 0.187 e. The summed E-state index contributed by atoms with van der Waals surface area (Å²) in [6, 6.07) is 7.76. The third-order valence-corrected chi connectivity index (χ3v) is 1.67. The Morgan fingerprint density at radius 2 is 2.09 bits per heavy atom. The van der Waals surface area contributed by atoms with Gasteiger partial charge in [-0.15, -0.1) is 0 Å². The predicted molar refractivity (Wildman–Crippen MR) is 46.8 cm³/mol. The fourth-order valence-electron chi connectivity index (χ4n) is 0.953. The van der Waals surface area contributed by atoms with Crippen molar-refractivity contribution in [3.05, 3.63) is 41.2 Å². The van der Waals surface area contributed by atoms with E-state index in [9.17, 15) is 0 Å². The molecule has 0 atom stereocenters. The van der Waals surface area contributed by atoms with Gasteiger partial charge in [-0.05, 0) is 5.92 Å². The molecule has 11 heavy (non-hydrogen) atoms. The standard InChI is InChI=1S/C10H11N/c1-8(2)9-5-4-6-10(7-9)11-3/h4-8H,1-2H3. The summed E-state index contributed by atoms with van der Waals surface area (Å²) in [4.78, 5) is 3.36. The Balaban J connectivity index is 3.03. The van der Waals surface area contributed by atoms with Gasteiger partial charge in [0.25, 0.3) is 0 Å². The van der Waals surface area contributed by atoms with E-state index in [1.165, 1.54) is 5.56 Å². The van der Waals surface area contributed by atoms with Crippen LogP contribution in [0.5, 0.6) is 0 Å². The van der Waals surface area contributed by atoms with Gasteiger partial charge in [0.1, 0.15) is 0 Å². The normalized spacial score (nSPS) is 9.64. The van der Waals surface area contributed by atoms with E-state index in [4.69, 9.17) is 6.57 Å². The molecule has 0 radical (unpaired) electrons. The molecule has 1 heteroatoms. The monoisotopic (exact) mass is 145 g/mol. The second kappa shape index (κ2) is 3.21. The SMILES string of the molecule is [C-]#[N+]c1cccc(C(C)C)c1. The summed E-state index contributed by atoms with van der Waals surface area (Å²) in [5.74, 6) is 0.511. The Kier molecular flexibility index (Phi) is 2.28. The topological polar surface area (TPSA) is 4.36 Å². The van der Waals surface area contributed by atoms with Gasteiger partial charge in [0.05, 0.1) is 6.57 Å². The second-order valence-corrected chi connectivity index (χ2v) is 2.86. The van der Waals surface area contributed by atoms with Gasteiger partial charge in [0.2, 0.25) is 0 Å². The minimum Gasteiger partial charge on any atom is -0.238 e.